The molecule has 2 unspecified atom stereocenters. The van der Waals surface area contributed by atoms with Gasteiger partial charge in [-0.25, -0.2) is 4.39 Å². The molecule has 3 rings (SSSR count). The second kappa shape index (κ2) is 6.14. The van der Waals surface area contributed by atoms with Crippen LogP contribution in [0.15, 0.2) is 36.4 Å². The summed E-state index contributed by atoms with van der Waals surface area (Å²) in [4.78, 5) is 12.9. The van der Waals surface area contributed by atoms with E-state index in [1.807, 2.05) is 6.07 Å². The molecule has 0 bridgehead atoms. The van der Waals surface area contributed by atoms with E-state index in [2.05, 4.69) is 21.2 Å². The molecule has 4 heteroatoms. The molecular formula is C17H17BrFNO. The first-order chi connectivity index (χ1) is 10.2. The van der Waals surface area contributed by atoms with Gasteiger partial charge in [0.2, 0.25) is 0 Å². The Kier molecular flexibility index (Phi) is 4.24. The number of carbonyl (C=O) groups excluding carboxylic acids is 1. The number of fused-ring (bicyclic) bond motifs is 1. The summed E-state index contributed by atoms with van der Waals surface area (Å²) in [7, 11) is 0. The number of hydrogen-bond acceptors (Lipinski definition) is 1. The van der Waals surface area contributed by atoms with Crippen LogP contribution in [0.5, 0.6) is 0 Å². The van der Waals surface area contributed by atoms with Crippen molar-refractivity contribution in [1.29, 1.82) is 0 Å². The average Bonchev–Trinajstić information content (AvgIpc) is 2.50. The Morgan fingerprint density at radius 1 is 1.10 bits per heavy atom. The molecule has 1 saturated carbocycles. The highest BCUT2D eigenvalue weighted by molar-refractivity contribution is 9.09. The SMILES string of the molecule is O=C(NC1CCCCC1Br)c1ccc(F)c2ccccc12. The molecule has 0 radical (unpaired) electrons. The standard InChI is InChI=1S/C17H17BrFNO/c18-14-7-3-4-8-16(14)20-17(21)13-9-10-15(19)12-6-2-1-5-11(12)13/h1-2,5-6,9-10,14,16H,3-4,7-8H2,(H,20,21). The highest BCUT2D eigenvalue weighted by Gasteiger charge is 2.25. The van der Waals surface area contributed by atoms with E-state index in [1.165, 1.54) is 12.5 Å². The summed E-state index contributed by atoms with van der Waals surface area (Å²) in [5.41, 5.74) is 0.539. The van der Waals surface area contributed by atoms with Crippen molar-refractivity contribution < 1.29 is 9.18 Å². The van der Waals surface area contributed by atoms with Crippen LogP contribution in [0.1, 0.15) is 36.0 Å². The minimum Gasteiger partial charge on any atom is -0.348 e. The summed E-state index contributed by atoms with van der Waals surface area (Å²) < 4.78 is 13.8. The van der Waals surface area contributed by atoms with Gasteiger partial charge in [0.1, 0.15) is 5.82 Å². The molecule has 2 aromatic carbocycles. The van der Waals surface area contributed by atoms with Crippen molar-refractivity contribution in [2.45, 2.75) is 36.6 Å². The fourth-order valence-corrected chi connectivity index (χ4v) is 3.67. The minimum atomic E-state index is -0.293. The van der Waals surface area contributed by atoms with Crippen LogP contribution < -0.4 is 5.32 Å². The summed E-state index contributed by atoms with van der Waals surface area (Å²) in [5.74, 6) is -0.416. The Labute approximate surface area is 131 Å². The van der Waals surface area contributed by atoms with Crippen LogP contribution in [-0.4, -0.2) is 16.8 Å². The van der Waals surface area contributed by atoms with Gasteiger partial charge in [-0.3, -0.25) is 4.79 Å². The Hall–Kier alpha value is -1.42. The van der Waals surface area contributed by atoms with Gasteiger partial charge in [-0.2, -0.15) is 0 Å². The fourth-order valence-electron chi connectivity index (χ4n) is 2.95. The second-order valence-corrected chi connectivity index (χ2v) is 6.70. The van der Waals surface area contributed by atoms with Crippen LogP contribution in [0.2, 0.25) is 0 Å². The number of benzene rings is 2. The molecule has 1 amide bonds. The molecule has 21 heavy (non-hydrogen) atoms. The number of alkyl halides is 1. The van der Waals surface area contributed by atoms with E-state index >= 15 is 0 Å². The van der Waals surface area contributed by atoms with Gasteiger partial charge in [-0.15, -0.1) is 0 Å². The van der Waals surface area contributed by atoms with E-state index in [0.717, 1.165) is 19.3 Å². The van der Waals surface area contributed by atoms with Gasteiger partial charge in [-0.05, 0) is 30.4 Å². The number of amides is 1. The van der Waals surface area contributed by atoms with Crippen LogP contribution in [0.3, 0.4) is 0 Å². The van der Waals surface area contributed by atoms with Crippen LogP contribution in [0.4, 0.5) is 4.39 Å². The zero-order valence-corrected chi connectivity index (χ0v) is 13.2. The van der Waals surface area contributed by atoms with Gasteiger partial charge in [0.25, 0.3) is 5.91 Å². The normalized spacial score (nSPS) is 22.2. The first-order valence-corrected chi connectivity index (χ1v) is 8.20. The maximum atomic E-state index is 13.8. The lowest BCUT2D eigenvalue weighted by Gasteiger charge is -2.28. The predicted molar refractivity (Wildman–Crippen MR) is 86.3 cm³/mol. The molecule has 0 spiro atoms. The molecule has 1 aliphatic rings. The van der Waals surface area contributed by atoms with E-state index in [9.17, 15) is 9.18 Å². The van der Waals surface area contributed by atoms with Crippen LogP contribution in [-0.2, 0) is 0 Å². The van der Waals surface area contributed by atoms with Crippen molar-refractivity contribution in [3.8, 4) is 0 Å². The number of rotatable bonds is 2. The van der Waals surface area contributed by atoms with Gasteiger partial charge in [0, 0.05) is 21.8 Å². The predicted octanol–water partition coefficient (Wildman–Crippen LogP) is 4.41. The third kappa shape index (κ3) is 2.95. The third-order valence-electron chi connectivity index (χ3n) is 4.11. The molecule has 2 aromatic rings. The van der Waals surface area contributed by atoms with Gasteiger partial charge in [-0.1, -0.05) is 53.0 Å². The summed E-state index contributed by atoms with van der Waals surface area (Å²) >= 11 is 3.64. The summed E-state index contributed by atoms with van der Waals surface area (Å²) in [6.45, 7) is 0. The number of hydrogen-bond donors (Lipinski definition) is 1. The maximum Gasteiger partial charge on any atom is 0.252 e. The highest BCUT2D eigenvalue weighted by Crippen LogP contribution is 2.26. The molecule has 0 saturated heterocycles. The largest absolute Gasteiger partial charge is 0.348 e. The number of nitrogens with one attached hydrogen (secondary N) is 1. The van der Waals surface area contributed by atoms with Gasteiger partial charge < -0.3 is 5.32 Å². The van der Waals surface area contributed by atoms with Crippen molar-refractivity contribution in [3.63, 3.8) is 0 Å². The molecule has 1 N–H and O–H groups in total. The Balaban J connectivity index is 1.89. The van der Waals surface area contributed by atoms with E-state index in [4.69, 9.17) is 0 Å². The molecule has 0 heterocycles. The van der Waals surface area contributed by atoms with Crippen molar-refractivity contribution >= 4 is 32.6 Å². The van der Waals surface area contributed by atoms with Crippen LogP contribution >= 0.6 is 15.9 Å². The molecule has 1 fully saturated rings. The van der Waals surface area contributed by atoms with Crippen molar-refractivity contribution in [1.82, 2.24) is 5.32 Å². The zero-order valence-electron chi connectivity index (χ0n) is 11.6. The van der Waals surface area contributed by atoms with E-state index < -0.39 is 0 Å². The van der Waals surface area contributed by atoms with Gasteiger partial charge >= 0.3 is 0 Å². The summed E-state index contributed by atoms with van der Waals surface area (Å²) in [6.07, 6.45) is 4.40. The Morgan fingerprint density at radius 3 is 2.57 bits per heavy atom. The Morgan fingerprint density at radius 2 is 1.81 bits per heavy atom. The monoisotopic (exact) mass is 349 g/mol. The first kappa shape index (κ1) is 14.5. The smallest absolute Gasteiger partial charge is 0.252 e. The van der Waals surface area contributed by atoms with E-state index in [1.54, 1.807) is 24.3 Å². The lowest BCUT2D eigenvalue weighted by Crippen LogP contribution is -2.42. The number of carbonyl (C=O) groups is 1. The van der Waals surface area contributed by atoms with Crippen LogP contribution in [0.25, 0.3) is 10.8 Å². The third-order valence-corrected chi connectivity index (χ3v) is 5.21. The topological polar surface area (TPSA) is 29.1 Å². The lowest BCUT2D eigenvalue weighted by atomic mass is 9.94. The minimum absolute atomic E-state index is 0.123. The molecular weight excluding hydrogens is 333 g/mol. The maximum absolute atomic E-state index is 13.8. The molecule has 2 atom stereocenters. The van der Waals surface area contributed by atoms with Crippen molar-refractivity contribution in [3.05, 3.63) is 47.8 Å². The van der Waals surface area contributed by atoms with Crippen molar-refractivity contribution in [2.75, 3.05) is 0 Å². The molecule has 2 nitrogen and oxygen atoms in total. The number of halogens is 2. The molecule has 110 valence electrons. The zero-order chi connectivity index (χ0) is 14.8. The molecule has 0 aliphatic heterocycles. The molecule has 1 aliphatic carbocycles. The highest BCUT2D eigenvalue weighted by atomic mass is 79.9. The summed E-state index contributed by atoms with van der Waals surface area (Å²) in [6, 6.07) is 10.2. The van der Waals surface area contributed by atoms with Crippen LogP contribution in [0, 0.1) is 5.82 Å². The van der Waals surface area contributed by atoms with Gasteiger partial charge in [0.15, 0.2) is 0 Å². The van der Waals surface area contributed by atoms with E-state index in [-0.39, 0.29) is 17.8 Å². The fraction of sp³-hybridized carbons (Fsp3) is 0.353. The van der Waals surface area contributed by atoms with E-state index in [0.29, 0.717) is 21.2 Å². The average molecular weight is 350 g/mol. The summed E-state index contributed by atoms with van der Waals surface area (Å²) in [5, 5.41) is 4.24. The van der Waals surface area contributed by atoms with Crippen molar-refractivity contribution in [2.24, 2.45) is 0 Å². The Bertz CT molecular complexity index is 673. The first-order valence-electron chi connectivity index (χ1n) is 7.29. The lowest BCUT2D eigenvalue weighted by molar-refractivity contribution is 0.0931. The quantitative estimate of drug-likeness (QED) is 0.799. The van der Waals surface area contributed by atoms with Gasteiger partial charge in [0.05, 0.1) is 0 Å². The molecule has 0 aromatic heterocycles. The second-order valence-electron chi connectivity index (χ2n) is 5.52.